The van der Waals surface area contributed by atoms with Crippen LogP contribution in [0.15, 0.2) is 18.2 Å². The highest BCUT2D eigenvalue weighted by molar-refractivity contribution is 5.38. The maximum Gasteiger partial charge on any atom is 0.122 e. The predicted octanol–water partition coefficient (Wildman–Crippen LogP) is 1.69. The molecule has 96 valence electrons. The van der Waals surface area contributed by atoms with Crippen molar-refractivity contribution in [1.29, 1.82) is 0 Å². The second-order valence-corrected chi connectivity index (χ2v) is 4.88. The fourth-order valence-corrected chi connectivity index (χ4v) is 1.85. The highest BCUT2D eigenvalue weighted by atomic mass is 16.5. The number of nitrogens with zero attached hydrogens (tertiary/aromatic N) is 1. The van der Waals surface area contributed by atoms with E-state index in [2.05, 4.69) is 31.1 Å². The summed E-state index contributed by atoms with van der Waals surface area (Å²) >= 11 is 0. The number of ether oxygens (including phenoxy) is 1. The molecule has 1 atom stereocenters. The molecule has 2 N–H and O–H groups in total. The van der Waals surface area contributed by atoms with Crippen molar-refractivity contribution in [3.05, 3.63) is 29.3 Å². The summed E-state index contributed by atoms with van der Waals surface area (Å²) < 4.78 is 5.36. The van der Waals surface area contributed by atoms with Crippen molar-refractivity contribution >= 4 is 0 Å². The first kappa shape index (κ1) is 14.0. The maximum absolute atomic E-state index is 5.86. The monoisotopic (exact) mass is 236 g/mol. The van der Waals surface area contributed by atoms with E-state index in [0.717, 1.165) is 25.1 Å². The quantitative estimate of drug-likeness (QED) is 0.817. The van der Waals surface area contributed by atoms with E-state index in [0.29, 0.717) is 0 Å². The third-order valence-electron chi connectivity index (χ3n) is 2.73. The molecule has 1 unspecified atom stereocenters. The van der Waals surface area contributed by atoms with Crippen LogP contribution in [0.25, 0.3) is 0 Å². The number of benzene rings is 1. The standard InChI is InChI=1S/C14H24N2O/c1-11(15)9-13-10-12(7-8-16(2)3)5-6-14(13)17-4/h5-6,10-11H,7-9,15H2,1-4H3. The molecule has 1 aromatic rings. The summed E-state index contributed by atoms with van der Waals surface area (Å²) in [4.78, 5) is 2.19. The van der Waals surface area contributed by atoms with Gasteiger partial charge in [0.2, 0.25) is 0 Å². The van der Waals surface area contributed by atoms with Crippen molar-refractivity contribution in [3.8, 4) is 5.75 Å². The van der Waals surface area contributed by atoms with E-state index in [1.165, 1.54) is 11.1 Å². The first-order chi connectivity index (χ1) is 8.02. The van der Waals surface area contributed by atoms with Crippen LogP contribution in [0.5, 0.6) is 5.75 Å². The summed E-state index contributed by atoms with van der Waals surface area (Å²) in [6.07, 6.45) is 1.92. The van der Waals surface area contributed by atoms with Gasteiger partial charge in [-0.25, -0.2) is 0 Å². The van der Waals surface area contributed by atoms with Gasteiger partial charge in [-0.05, 0) is 51.1 Å². The van der Waals surface area contributed by atoms with Crippen LogP contribution in [0.4, 0.5) is 0 Å². The van der Waals surface area contributed by atoms with Gasteiger partial charge >= 0.3 is 0 Å². The lowest BCUT2D eigenvalue weighted by atomic mass is 10.0. The van der Waals surface area contributed by atoms with Crippen molar-refractivity contribution < 1.29 is 4.74 Å². The average molecular weight is 236 g/mol. The van der Waals surface area contributed by atoms with Gasteiger partial charge in [0.1, 0.15) is 5.75 Å². The lowest BCUT2D eigenvalue weighted by Crippen LogP contribution is -2.19. The largest absolute Gasteiger partial charge is 0.496 e. The Balaban J connectivity index is 2.80. The number of rotatable bonds is 6. The van der Waals surface area contributed by atoms with Gasteiger partial charge in [0.25, 0.3) is 0 Å². The Morgan fingerprint density at radius 1 is 1.35 bits per heavy atom. The van der Waals surface area contributed by atoms with Gasteiger partial charge in [0, 0.05) is 12.6 Å². The van der Waals surface area contributed by atoms with Crippen LogP contribution < -0.4 is 10.5 Å². The van der Waals surface area contributed by atoms with E-state index in [9.17, 15) is 0 Å². The Bertz CT molecular complexity index is 348. The first-order valence-corrected chi connectivity index (χ1v) is 6.09. The molecule has 0 saturated carbocycles. The number of likely N-dealkylation sites (N-methyl/N-ethyl adjacent to an activating group) is 1. The SMILES string of the molecule is COc1ccc(CCN(C)C)cc1CC(C)N. The summed E-state index contributed by atoms with van der Waals surface area (Å²) in [5.41, 5.74) is 8.41. The molecule has 0 heterocycles. The highest BCUT2D eigenvalue weighted by Gasteiger charge is 2.07. The van der Waals surface area contributed by atoms with Gasteiger partial charge < -0.3 is 15.4 Å². The minimum atomic E-state index is 0.160. The molecule has 0 fully saturated rings. The molecule has 0 aliphatic heterocycles. The van der Waals surface area contributed by atoms with Crippen LogP contribution in [-0.2, 0) is 12.8 Å². The van der Waals surface area contributed by atoms with Crippen molar-refractivity contribution in [2.24, 2.45) is 5.73 Å². The van der Waals surface area contributed by atoms with Gasteiger partial charge in [0.05, 0.1) is 7.11 Å². The molecule has 3 heteroatoms. The van der Waals surface area contributed by atoms with E-state index in [1.54, 1.807) is 7.11 Å². The second kappa shape index (κ2) is 6.62. The molecule has 0 saturated heterocycles. The molecule has 0 radical (unpaired) electrons. The summed E-state index contributed by atoms with van der Waals surface area (Å²) in [6, 6.07) is 6.55. The lowest BCUT2D eigenvalue weighted by Gasteiger charge is -2.14. The molecule has 0 aliphatic rings. The van der Waals surface area contributed by atoms with Gasteiger partial charge in [-0.1, -0.05) is 12.1 Å². The molecule has 0 bridgehead atoms. The molecular weight excluding hydrogens is 212 g/mol. The zero-order valence-corrected chi connectivity index (χ0v) is 11.4. The average Bonchev–Trinajstić information content (AvgIpc) is 2.25. The maximum atomic E-state index is 5.86. The van der Waals surface area contributed by atoms with E-state index in [4.69, 9.17) is 10.5 Å². The first-order valence-electron chi connectivity index (χ1n) is 6.09. The number of methoxy groups -OCH3 is 1. The van der Waals surface area contributed by atoms with Gasteiger partial charge in [0.15, 0.2) is 0 Å². The Morgan fingerprint density at radius 3 is 2.59 bits per heavy atom. The van der Waals surface area contributed by atoms with Crippen molar-refractivity contribution in [1.82, 2.24) is 4.90 Å². The Morgan fingerprint density at radius 2 is 2.06 bits per heavy atom. The van der Waals surface area contributed by atoms with Crippen LogP contribution in [0.3, 0.4) is 0 Å². The summed E-state index contributed by atoms with van der Waals surface area (Å²) in [7, 11) is 5.89. The van der Waals surface area contributed by atoms with Crippen LogP contribution >= 0.6 is 0 Å². The fourth-order valence-electron chi connectivity index (χ4n) is 1.85. The lowest BCUT2D eigenvalue weighted by molar-refractivity contribution is 0.406. The molecule has 1 aromatic carbocycles. The van der Waals surface area contributed by atoms with Crippen LogP contribution in [-0.4, -0.2) is 38.7 Å². The number of hydrogen-bond acceptors (Lipinski definition) is 3. The molecule has 0 amide bonds. The Kier molecular flexibility index (Phi) is 5.45. The summed E-state index contributed by atoms with van der Waals surface area (Å²) in [5.74, 6) is 0.941. The Hall–Kier alpha value is -1.06. The molecule has 0 aliphatic carbocycles. The molecule has 0 aromatic heterocycles. The minimum absolute atomic E-state index is 0.160. The van der Waals surface area contributed by atoms with Crippen LogP contribution in [0, 0.1) is 0 Å². The van der Waals surface area contributed by atoms with Gasteiger partial charge in [-0.3, -0.25) is 0 Å². The van der Waals surface area contributed by atoms with E-state index >= 15 is 0 Å². The van der Waals surface area contributed by atoms with Gasteiger partial charge in [-0.2, -0.15) is 0 Å². The summed E-state index contributed by atoms with van der Waals surface area (Å²) in [6.45, 7) is 3.08. The third kappa shape index (κ3) is 4.75. The molecule has 0 spiro atoms. The van der Waals surface area contributed by atoms with E-state index < -0.39 is 0 Å². The van der Waals surface area contributed by atoms with E-state index in [-0.39, 0.29) is 6.04 Å². The normalized spacial score (nSPS) is 12.8. The minimum Gasteiger partial charge on any atom is -0.496 e. The zero-order valence-electron chi connectivity index (χ0n) is 11.4. The van der Waals surface area contributed by atoms with Crippen LogP contribution in [0.2, 0.25) is 0 Å². The molecular formula is C14H24N2O. The number of hydrogen-bond donors (Lipinski definition) is 1. The summed E-state index contributed by atoms with van der Waals surface area (Å²) in [5, 5.41) is 0. The molecule has 1 rings (SSSR count). The van der Waals surface area contributed by atoms with Crippen molar-refractivity contribution in [2.75, 3.05) is 27.7 Å². The van der Waals surface area contributed by atoms with Gasteiger partial charge in [-0.15, -0.1) is 0 Å². The fraction of sp³-hybridized carbons (Fsp3) is 0.571. The zero-order chi connectivity index (χ0) is 12.8. The molecule has 3 nitrogen and oxygen atoms in total. The van der Waals surface area contributed by atoms with E-state index in [1.807, 2.05) is 13.0 Å². The van der Waals surface area contributed by atoms with Crippen LogP contribution in [0.1, 0.15) is 18.1 Å². The topological polar surface area (TPSA) is 38.5 Å². The predicted molar refractivity (Wildman–Crippen MR) is 72.6 cm³/mol. The number of nitrogens with two attached hydrogens (primary N) is 1. The Labute approximate surface area is 105 Å². The van der Waals surface area contributed by atoms with Crippen molar-refractivity contribution in [2.45, 2.75) is 25.8 Å². The molecule has 17 heavy (non-hydrogen) atoms. The highest BCUT2D eigenvalue weighted by Crippen LogP contribution is 2.21. The third-order valence-corrected chi connectivity index (χ3v) is 2.73. The second-order valence-electron chi connectivity index (χ2n) is 4.88. The van der Waals surface area contributed by atoms with Crippen molar-refractivity contribution in [3.63, 3.8) is 0 Å². The smallest absolute Gasteiger partial charge is 0.122 e.